The number of amides is 1. The van der Waals surface area contributed by atoms with Crippen LogP contribution < -0.4 is 0 Å². The number of alkyl halides is 3. The molecule has 1 aromatic carbocycles. The summed E-state index contributed by atoms with van der Waals surface area (Å²) in [4.78, 5) is 24.8. The lowest BCUT2D eigenvalue weighted by atomic mass is 10.1. The summed E-state index contributed by atoms with van der Waals surface area (Å²) in [5, 5.41) is 19.0. The number of aromatic carboxylic acids is 1. The van der Waals surface area contributed by atoms with E-state index in [0.717, 1.165) is 24.8 Å². The number of hydrogen-bond acceptors (Lipinski definition) is 4. The van der Waals surface area contributed by atoms with E-state index in [1.165, 1.54) is 0 Å². The van der Waals surface area contributed by atoms with Crippen LogP contribution in [0.15, 0.2) is 24.3 Å². The van der Waals surface area contributed by atoms with Gasteiger partial charge in [-0.2, -0.15) is 13.2 Å². The van der Waals surface area contributed by atoms with Crippen molar-refractivity contribution >= 4 is 23.6 Å². The van der Waals surface area contributed by atoms with Crippen LogP contribution >= 0.6 is 11.8 Å². The Bertz CT molecular complexity index is 696. The highest BCUT2D eigenvalue weighted by Gasteiger charge is 2.31. The molecule has 0 unspecified atom stereocenters. The standard InChI is InChI=1S/C21H28F3NO4S/c22-21(23,24)12-2-1-5-17(26)11-13-25-18(27)14-30-19(25)6-3-4-15-7-9-16(10-8-15)20(28)29/h7-10,17,19,26H,1-6,11-14H2,(H,28,29)/t17-,19-/m0/s1. The van der Waals surface area contributed by atoms with Crippen LogP contribution in [0.4, 0.5) is 13.2 Å². The van der Waals surface area contributed by atoms with Crippen molar-refractivity contribution < 1.29 is 33.0 Å². The Morgan fingerprint density at radius 1 is 1.17 bits per heavy atom. The molecular formula is C21H28F3NO4S. The molecule has 168 valence electrons. The van der Waals surface area contributed by atoms with E-state index in [1.807, 2.05) is 0 Å². The number of benzene rings is 1. The highest BCUT2D eigenvalue weighted by molar-refractivity contribution is 8.00. The number of nitrogens with zero attached hydrogens (tertiary/aromatic N) is 1. The molecule has 2 rings (SSSR count). The summed E-state index contributed by atoms with van der Waals surface area (Å²) in [5.41, 5.74) is 1.29. The molecule has 1 heterocycles. The molecule has 0 spiro atoms. The molecule has 5 nitrogen and oxygen atoms in total. The molecular weight excluding hydrogens is 419 g/mol. The van der Waals surface area contributed by atoms with Crippen LogP contribution in [-0.4, -0.2) is 56.9 Å². The minimum atomic E-state index is -4.16. The first-order chi connectivity index (χ1) is 14.2. The number of thioether (sulfide) groups is 1. The van der Waals surface area contributed by atoms with Gasteiger partial charge in [-0.05, 0) is 56.2 Å². The van der Waals surface area contributed by atoms with Gasteiger partial charge in [0.15, 0.2) is 0 Å². The first-order valence-electron chi connectivity index (χ1n) is 10.1. The number of aliphatic hydroxyl groups excluding tert-OH is 1. The van der Waals surface area contributed by atoms with Crippen LogP contribution in [0.2, 0.25) is 0 Å². The lowest BCUT2D eigenvalue weighted by Crippen LogP contribution is -2.35. The minimum Gasteiger partial charge on any atom is -0.478 e. The molecule has 1 aromatic rings. The van der Waals surface area contributed by atoms with Crippen LogP contribution in [0.3, 0.4) is 0 Å². The quantitative estimate of drug-likeness (QED) is 0.462. The van der Waals surface area contributed by atoms with Crippen LogP contribution in [0.5, 0.6) is 0 Å². The molecule has 2 atom stereocenters. The van der Waals surface area contributed by atoms with Crippen molar-refractivity contribution in [1.82, 2.24) is 4.90 Å². The van der Waals surface area contributed by atoms with E-state index in [9.17, 15) is 27.9 Å². The Morgan fingerprint density at radius 2 is 1.87 bits per heavy atom. The Hall–Kier alpha value is -1.74. The van der Waals surface area contributed by atoms with E-state index in [0.29, 0.717) is 31.6 Å². The molecule has 0 aliphatic carbocycles. The molecule has 1 amide bonds. The zero-order valence-electron chi connectivity index (χ0n) is 16.7. The number of unbranched alkanes of at least 4 members (excludes halogenated alkanes) is 1. The second kappa shape index (κ2) is 11.6. The van der Waals surface area contributed by atoms with Gasteiger partial charge in [0.05, 0.1) is 22.8 Å². The number of aryl methyl sites for hydroxylation is 1. The van der Waals surface area contributed by atoms with Crippen molar-refractivity contribution in [2.75, 3.05) is 12.3 Å². The maximum absolute atomic E-state index is 12.1. The summed E-state index contributed by atoms with van der Waals surface area (Å²) >= 11 is 1.57. The van der Waals surface area contributed by atoms with Crippen molar-refractivity contribution in [1.29, 1.82) is 0 Å². The van der Waals surface area contributed by atoms with Crippen molar-refractivity contribution in [3.05, 3.63) is 35.4 Å². The predicted octanol–water partition coefficient (Wildman–Crippen LogP) is 4.48. The monoisotopic (exact) mass is 447 g/mol. The summed E-state index contributed by atoms with van der Waals surface area (Å²) < 4.78 is 36.4. The molecule has 0 radical (unpaired) electrons. The zero-order valence-corrected chi connectivity index (χ0v) is 17.6. The Labute approximate surface area is 178 Å². The smallest absolute Gasteiger partial charge is 0.389 e. The summed E-state index contributed by atoms with van der Waals surface area (Å²) in [5.74, 6) is -0.527. The third-order valence-electron chi connectivity index (χ3n) is 5.14. The maximum Gasteiger partial charge on any atom is 0.389 e. The van der Waals surface area contributed by atoms with Crippen molar-refractivity contribution in [2.24, 2.45) is 0 Å². The lowest BCUT2D eigenvalue weighted by Gasteiger charge is -2.25. The van der Waals surface area contributed by atoms with Crippen LogP contribution in [0.1, 0.15) is 60.9 Å². The number of hydrogen-bond donors (Lipinski definition) is 2. The molecule has 9 heteroatoms. The maximum atomic E-state index is 12.1. The van der Waals surface area contributed by atoms with Gasteiger partial charge < -0.3 is 15.1 Å². The predicted molar refractivity (Wildman–Crippen MR) is 109 cm³/mol. The third kappa shape index (κ3) is 8.55. The van der Waals surface area contributed by atoms with Crippen LogP contribution in [0, 0.1) is 0 Å². The fourth-order valence-corrected chi connectivity index (χ4v) is 4.68. The zero-order chi connectivity index (χ0) is 22.1. The first kappa shape index (κ1) is 24.5. The molecule has 0 saturated carbocycles. The van der Waals surface area contributed by atoms with Gasteiger partial charge in [0.2, 0.25) is 5.91 Å². The molecule has 0 bridgehead atoms. The van der Waals surface area contributed by atoms with Gasteiger partial charge >= 0.3 is 12.1 Å². The molecule has 1 aliphatic rings. The van der Waals surface area contributed by atoms with Gasteiger partial charge in [-0.1, -0.05) is 18.6 Å². The summed E-state index contributed by atoms with van der Waals surface area (Å²) in [6.07, 6.45) is -2.29. The van der Waals surface area contributed by atoms with Gasteiger partial charge in [-0.3, -0.25) is 4.79 Å². The average Bonchev–Trinajstić information content (AvgIpc) is 3.03. The first-order valence-corrected chi connectivity index (χ1v) is 11.2. The van der Waals surface area contributed by atoms with Crippen molar-refractivity contribution in [3.8, 4) is 0 Å². The van der Waals surface area contributed by atoms with Gasteiger partial charge in [-0.25, -0.2) is 4.79 Å². The van der Waals surface area contributed by atoms with Crippen LogP contribution in [0.25, 0.3) is 0 Å². The van der Waals surface area contributed by atoms with E-state index in [4.69, 9.17) is 5.11 Å². The Kier molecular flexibility index (Phi) is 9.48. The lowest BCUT2D eigenvalue weighted by molar-refractivity contribution is -0.136. The average molecular weight is 448 g/mol. The molecule has 30 heavy (non-hydrogen) atoms. The number of rotatable bonds is 12. The van der Waals surface area contributed by atoms with Gasteiger partial charge in [0.25, 0.3) is 0 Å². The number of halogens is 3. The van der Waals surface area contributed by atoms with E-state index < -0.39 is 24.7 Å². The van der Waals surface area contributed by atoms with E-state index in [-0.39, 0.29) is 23.3 Å². The largest absolute Gasteiger partial charge is 0.478 e. The number of aliphatic hydroxyl groups is 1. The fourth-order valence-electron chi connectivity index (χ4n) is 3.44. The topological polar surface area (TPSA) is 77.8 Å². The molecule has 1 saturated heterocycles. The summed E-state index contributed by atoms with van der Waals surface area (Å²) in [6, 6.07) is 6.74. The number of carbonyl (C=O) groups excluding carboxylic acids is 1. The van der Waals surface area contributed by atoms with Crippen molar-refractivity contribution in [2.45, 2.75) is 69.0 Å². The minimum absolute atomic E-state index is 0.00905. The van der Waals surface area contributed by atoms with Gasteiger partial charge in [0, 0.05) is 13.0 Å². The Morgan fingerprint density at radius 3 is 2.50 bits per heavy atom. The highest BCUT2D eigenvalue weighted by Crippen LogP contribution is 2.29. The van der Waals surface area contributed by atoms with E-state index in [1.54, 1.807) is 40.9 Å². The van der Waals surface area contributed by atoms with Gasteiger partial charge in [0.1, 0.15) is 0 Å². The molecule has 0 aromatic heterocycles. The number of carboxylic acids is 1. The van der Waals surface area contributed by atoms with Crippen LogP contribution in [-0.2, 0) is 11.2 Å². The number of carboxylic acid groups (broad SMARTS) is 1. The molecule has 1 aliphatic heterocycles. The second-order valence-electron chi connectivity index (χ2n) is 7.55. The molecule has 1 fully saturated rings. The summed E-state index contributed by atoms with van der Waals surface area (Å²) in [7, 11) is 0. The molecule has 2 N–H and O–H groups in total. The van der Waals surface area contributed by atoms with Gasteiger partial charge in [-0.15, -0.1) is 11.8 Å². The summed E-state index contributed by atoms with van der Waals surface area (Å²) in [6.45, 7) is 0.407. The fraction of sp³-hybridized carbons (Fsp3) is 0.619. The normalized spacial score (nSPS) is 18.1. The highest BCUT2D eigenvalue weighted by atomic mass is 32.2. The van der Waals surface area contributed by atoms with E-state index in [2.05, 4.69) is 0 Å². The van der Waals surface area contributed by atoms with Crippen molar-refractivity contribution in [3.63, 3.8) is 0 Å². The van der Waals surface area contributed by atoms with E-state index >= 15 is 0 Å². The number of carbonyl (C=O) groups is 2. The second-order valence-corrected chi connectivity index (χ2v) is 8.72. The third-order valence-corrected chi connectivity index (χ3v) is 6.42. The Balaban J connectivity index is 1.69. The SMILES string of the molecule is O=C(O)c1ccc(CCC[C@@H]2SCC(=O)N2CC[C@@H](O)CCCCC(F)(F)F)cc1.